The lowest BCUT2D eigenvalue weighted by Crippen LogP contribution is -2.28. The lowest BCUT2D eigenvalue weighted by Gasteiger charge is -2.05. The van der Waals surface area contributed by atoms with Crippen LogP contribution < -0.4 is 10.1 Å². The molecule has 0 spiro atoms. The zero-order valence-electron chi connectivity index (χ0n) is 9.09. The summed E-state index contributed by atoms with van der Waals surface area (Å²) < 4.78 is 5.04. The fraction of sp³-hybridized carbons (Fsp3) is 0.182. The van der Waals surface area contributed by atoms with Gasteiger partial charge in [0, 0.05) is 13.0 Å². The molecule has 0 bridgehead atoms. The highest BCUT2D eigenvalue weighted by Crippen LogP contribution is 2.07. The molecule has 1 heterocycles. The van der Waals surface area contributed by atoms with Crippen LogP contribution in [0.2, 0.25) is 0 Å². The van der Waals surface area contributed by atoms with E-state index < -0.39 is 6.09 Å². The third kappa shape index (κ3) is 3.60. The summed E-state index contributed by atoms with van der Waals surface area (Å²) in [4.78, 5) is 15.3. The second-order valence-electron chi connectivity index (χ2n) is 3.31. The number of H-pyrrole nitrogens is 1. The SMILES string of the molecule is O=C(NCCc1ncn[nH]1)Oc1ccccc1. The van der Waals surface area contributed by atoms with E-state index in [1.54, 1.807) is 24.3 Å². The Morgan fingerprint density at radius 2 is 2.18 bits per heavy atom. The number of para-hydroxylation sites is 1. The third-order valence-corrected chi connectivity index (χ3v) is 2.05. The number of nitrogens with zero attached hydrogens (tertiary/aromatic N) is 2. The number of ether oxygens (including phenoxy) is 1. The van der Waals surface area contributed by atoms with Gasteiger partial charge in [-0.05, 0) is 12.1 Å². The van der Waals surface area contributed by atoms with Gasteiger partial charge in [0.15, 0.2) is 0 Å². The van der Waals surface area contributed by atoms with Crippen LogP contribution in [0.1, 0.15) is 5.82 Å². The van der Waals surface area contributed by atoms with Gasteiger partial charge < -0.3 is 10.1 Å². The van der Waals surface area contributed by atoms with Crippen LogP contribution in [0.5, 0.6) is 5.75 Å². The van der Waals surface area contributed by atoms with Crippen molar-refractivity contribution in [3.05, 3.63) is 42.5 Å². The molecule has 0 aliphatic heterocycles. The molecule has 6 nitrogen and oxygen atoms in total. The van der Waals surface area contributed by atoms with Crippen molar-refractivity contribution in [2.45, 2.75) is 6.42 Å². The van der Waals surface area contributed by atoms with Crippen LogP contribution in [0, 0.1) is 0 Å². The predicted octanol–water partition coefficient (Wildman–Crippen LogP) is 1.14. The number of carbonyl (C=O) groups is 1. The van der Waals surface area contributed by atoms with Gasteiger partial charge >= 0.3 is 6.09 Å². The van der Waals surface area contributed by atoms with Crippen molar-refractivity contribution >= 4 is 6.09 Å². The number of hydrogen-bond donors (Lipinski definition) is 2. The van der Waals surface area contributed by atoms with Crippen molar-refractivity contribution in [2.24, 2.45) is 0 Å². The first kappa shape index (κ1) is 11.1. The molecule has 1 amide bonds. The second kappa shape index (κ2) is 5.64. The minimum absolute atomic E-state index is 0.445. The molecular weight excluding hydrogens is 220 g/mol. The van der Waals surface area contributed by atoms with Gasteiger partial charge in [-0.1, -0.05) is 18.2 Å². The second-order valence-corrected chi connectivity index (χ2v) is 3.31. The van der Waals surface area contributed by atoms with Gasteiger partial charge in [0.05, 0.1) is 0 Å². The van der Waals surface area contributed by atoms with E-state index in [1.165, 1.54) is 6.33 Å². The summed E-state index contributed by atoms with van der Waals surface area (Å²) in [5.74, 6) is 1.25. The summed E-state index contributed by atoms with van der Waals surface area (Å²) in [5.41, 5.74) is 0. The summed E-state index contributed by atoms with van der Waals surface area (Å²) in [6.45, 7) is 0.445. The molecule has 0 saturated heterocycles. The molecule has 1 aromatic heterocycles. The van der Waals surface area contributed by atoms with Crippen LogP contribution in [0.25, 0.3) is 0 Å². The van der Waals surface area contributed by atoms with Gasteiger partial charge in [0.25, 0.3) is 0 Å². The van der Waals surface area contributed by atoms with Crippen LogP contribution >= 0.6 is 0 Å². The number of nitrogens with one attached hydrogen (secondary N) is 2. The number of hydrogen-bond acceptors (Lipinski definition) is 4. The van der Waals surface area contributed by atoms with Gasteiger partial charge in [-0.15, -0.1) is 0 Å². The van der Waals surface area contributed by atoms with Crippen molar-refractivity contribution in [1.82, 2.24) is 20.5 Å². The highest BCUT2D eigenvalue weighted by molar-refractivity contribution is 5.70. The minimum atomic E-state index is -0.476. The number of aromatic amines is 1. The van der Waals surface area contributed by atoms with Crippen molar-refractivity contribution in [3.8, 4) is 5.75 Å². The zero-order chi connectivity index (χ0) is 11.9. The standard InChI is InChI=1S/C11H12N4O2/c16-11(17-9-4-2-1-3-5-9)12-7-6-10-13-8-14-15-10/h1-5,8H,6-7H2,(H,12,16)(H,13,14,15). The maximum Gasteiger partial charge on any atom is 0.412 e. The van der Waals surface area contributed by atoms with Gasteiger partial charge in [0.2, 0.25) is 0 Å². The summed E-state index contributed by atoms with van der Waals surface area (Å²) >= 11 is 0. The highest BCUT2D eigenvalue weighted by Gasteiger charge is 2.03. The maximum absolute atomic E-state index is 11.4. The van der Waals surface area contributed by atoms with Crippen molar-refractivity contribution in [1.29, 1.82) is 0 Å². The molecule has 0 unspecified atom stereocenters. The van der Waals surface area contributed by atoms with E-state index in [1.807, 2.05) is 6.07 Å². The summed E-state index contributed by atoms with van der Waals surface area (Å²) in [6, 6.07) is 8.90. The number of aromatic nitrogens is 3. The van der Waals surface area contributed by atoms with Crippen LogP contribution in [-0.4, -0.2) is 27.8 Å². The Balaban J connectivity index is 1.71. The molecule has 0 atom stereocenters. The van der Waals surface area contributed by atoms with Crippen molar-refractivity contribution < 1.29 is 9.53 Å². The molecule has 0 aliphatic carbocycles. The highest BCUT2D eigenvalue weighted by atomic mass is 16.5. The Morgan fingerprint density at radius 1 is 1.35 bits per heavy atom. The quantitative estimate of drug-likeness (QED) is 0.828. The van der Waals surface area contributed by atoms with Crippen LogP contribution in [0.4, 0.5) is 4.79 Å². The lowest BCUT2D eigenvalue weighted by atomic mass is 10.3. The normalized spacial score (nSPS) is 9.88. The molecule has 2 rings (SSSR count). The average Bonchev–Trinajstić information content (AvgIpc) is 2.83. The Labute approximate surface area is 98.0 Å². The third-order valence-electron chi connectivity index (χ3n) is 2.05. The average molecular weight is 232 g/mol. The molecule has 0 saturated carbocycles. The van der Waals surface area contributed by atoms with Gasteiger partial charge in [0.1, 0.15) is 17.9 Å². The number of carbonyl (C=O) groups excluding carboxylic acids is 1. The van der Waals surface area contributed by atoms with E-state index >= 15 is 0 Å². The first-order chi connectivity index (χ1) is 8.34. The first-order valence-corrected chi connectivity index (χ1v) is 5.19. The lowest BCUT2D eigenvalue weighted by molar-refractivity contribution is 0.200. The Hall–Kier alpha value is -2.37. The molecule has 0 radical (unpaired) electrons. The number of rotatable bonds is 4. The fourth-order valence-electron chi connectivity index (χ4n) is 1.27. The number of benzene rings is 1. The molecule has 17 heavy (non-hydrogen) atoms. The Bertz CT molecular complexity index is 456. The molecule has 88 valence electrons. The Kier molecular flexibility index (Phi) is 3.69. The van der Waals surface area contributed by atoms with Crippen LogP contribution in [-0.2, 0) is 6.42 Å². The predicted molar refractivity (Wildman–Crippen MR) is 60.6 cm³/mol. The molecular formula is C11H12N4O2. The van der Waals surface area contributed by atoms with E-state index in [9.17, 15) is 4.79 Å². The molecule has 0 aliphatic rings. The fourth-order valence-corrected chi connectivity index (χ4v) is 1.27. The summed E-state index contributed by atoms with van der Waals surface area (Å²) in [5, 5.41) is 9.04. The first-order valence-electron chi connectivity index (χ1n) is 5.19. The molecule has 2 N–H and O–H groups in total. The minimum Gasteiger partial charge on any atom is -0.410 e. The van der Waals surface area contributed by atoms with Crippen molar-refractivity contribution in [3.63, 3.8) is 0 Å². The monoisotopic (exact) mass is 232 g/mol. The zero-order valence-corrected chi connectivity index (χ0v) is 9.09. The maximum atomic E-state index is 11.4. The smallest absolute Gasteiger partial charge is 0.410 e. The van der Waals surface area contributed by atoms with E-state index in [2.05, 4.69) is 20.5 Å². The van der Waals surface area contributed by atoms with E-state index in [0.717, 1.165) is 5.82 Å². The van der Waals surface area contributed by atoms with Gasteiger partial charge in [-0.25, -0.2) is 9.78 Å². The molecule has 2 aromatic rings. The molecule has 0 fully saturated rings. The summed E-state index contributed by atoms with van der Waals surface area (Å²) in [7, 11) is 0. The van der Waals surface area contributed by atoms with Gasteiger partial charge in [-0.3, -0.25) is 5.10 Å². The largest absolute Gasteiger partial charge is 0.412 e. The number of amides is 1. The molecule has 1 aromatic carbocycles. The van der Waals surface area contributed by atoms with E-state index in [0.29, 0.717) is 18.7 Å². The summed E-state index contributed by atoms with van der Waals surface area (Å²) in [6.07, 6.45) is 1.54. The Morgan fingerprint density at radius 3 is 2.88 bits per heavy atom. The van der Waals surface area contributed by atoms with E-state index in [-0.39, 0.29) is 0 Å². The molecule has 6 heteroatoms. The topological polar surface area (TPSA) is 79.9 Å². The van der Waals surface area contributed by atoms with E-state index in [4.69, 9.17) is 4.74 Å². The van der Waals surface area contributed by atoms with Crippen molar-refractivity contribution in [2.75, 3.05) is 6.54 Å². The van der Waals surface area contributed by atoms with Gasteiger partial charge in [-0.2, -0.15) is 5.10 Å². The van der Waals surface area contributed by atoms with Crippen LogP contribution in [0.15, 0.2) is 36.7 Å². The van der Waals surface area contributed by atoms with Crippen LogP contribution in [0.3, 0.4) is 0 Å².